The number of rotatable bonds is 7. The Bertz CT molecular complexity index is 503. The summed E-state index contributed by atoms with van der Waals surface area (Å²) in [5, 5.41) is 7.43. The summed E-state index contributed by atoms with van der Waals surface area (Å²) in [5.41, 5.74) is 2.05. The largest absolute Gasteiger partial charge is 0.361 e. The van der Waals surface area contributed by atoms with Crippen molar-refractivity contribution in [2.75, 3.05) is 6.54 Å². The van der Waals surface area contributed by atoms with Gasteiger partial charge in [-0.15, -0.1) is 0 Å². The van der Waals surface area contributed by atoms with Crippen LogP contribution >= 0.6 is 12.2 Å². The van der Waals surface area contributed by atoms with E-state index in [1.807, 2.05) is 0 Å². The van der Waals surface area contributed by atoms with Crippen molar-refractivity contribution in [2.45, 2.75) is 77.7 Å². The molecule has 3 amide bonds. The Morgan fingerprint density at radius 2 is 2.04 bits per heavy atom. The molecule has 0 aromatic rings. The summed E-state index contributed by atoms with van der Waals surface area (Å²) in [7, 11) is 0. The Balaban J connectivity index is 1.86. The number of carbonyl (C=O) groups is 2. The predicted molar refractivity (Wildman–Crippen MR) is 103 cm³/mol. The number of nitrogens with one attached hydrogen (secondary N) is 3. The lowest BCUT2D eigenvalue weighted by Gasteiger charge is -2.33. The Labute approximate surface area is 156 Å². The molecule has 0 radical (unpaired) electrons. The number of nitrogens with zero attached hydrogens (tertiary/aromatic N) is 1. The van der Waals surface area contributed by atoms with Gasteiger partial charge in [0, 0.05) is 6.54 Å². The van der Waals surface area contributed by atoms with Crippen LogP contribution in [0.3, 0.4) is 0 Å². The second-order valence-corrected chi connectivity index (χ2v) is 7.98. The number of hydrogen-bond acceptors (Lipinski definition) is 3. The maximum atomic E-state index is 12.8. The maximum absolute atomic E-state index is 12.8. The van der Waals surface area contributed by atoms with E-state index in [2.05, 4.69) is 36.8 Å². The maximum Gasteiger partial charge on any atom is 0.344 e. The van der Waals surface area contributed by atoms with Gasteiger partial charge in [-0.25, -0.2) is 4.79 Å². The third-order valence-electron chi connectivity index (χ3n) is 5.60. The zero-order valence-electron chi connectivity index (χ0n) is 15.7. The standard InChI is InChI=1S/C18H32N4O2S/c1-4-6-7-14(5-2)12-19-16(25)21-22-15(23)18(20-17(22)24)10-8-13(3)9-11-18/h13-14H,4-12H2,1-3H3,(H,20,24)(H2,19,21,25)/t13?,14-,18?/m1/s1. The molecule has 7 heteroatoms. The number of urea groups is 1. The minimum absolute atomic E-state index is 0.202. The van der Waals surface area contributed by atoms with Gasteiger partial charge in [-0.3, -0.25) is 10.2 Å². The topological polar surface area (TPSA) is 73.5 Å². The van der Waals surface area contributed by atoms with Gasteiger partial charge in [0.25, 0.3) is 5.91 Å². The first kappa shape index (κ1) is 19.9. The van der Waals surface area contributed by atoms with E-state index in [-0.39, 0.29) is 5.91 Å². The van der Waals surface area contributed by atoms with Gasteiger partial charge in [-0.1, -0.05) is 40.0 Å². The summed E-state index contributed by atoms with van der Waals surface area (Å²) in [6, 6.07) is -0.401. The molecule has 0 bridgehead atoms. The molecule has 0 aromatic carbocycles. The van der Waals surface area contributed by atoms with Gasteiger partial charge >= 0.3 is 6.03 Å². The van der Waals surface area contributed by atoms with E-state index in [4.69, 9.17) is 12.2 Å². The van der Waals surface area contributed by atoms with Gasteiger partial charge in [0.15, 0.2) is 5.11 Å². The number of imide groups is 1. The van der Waals surface area contributed by atoms with Crippen LogP contribution in [0.25, 0.3) is 0 Å². The Kier molecular flexibility index (Phi) is 7.04. The molecule has 3 N–H and O–H groups in total. The second-order valence-electron chi connectivity index (χ2n) is 7.57. The highest BCUT2D eigenvalue weighted by molar-refractivity contribution is 7.80. The first-order valence-corrected chi connectivity index (χ1v) is 10.0. The Hall–Kier alpha value is -1.37. The monoisotopic (exact) mass is 368 g/mol. The Morgan fingerprint density at radius 3 is 2.64 bits per heavy atom. The fourth-order valence-electron chi connectivity index (χ4n) is 3.64. The molecule has 1 saturated carbocycles. The third kappa shape index (κ3) is 4.84. The zero-order chi connectivity index (χ0) is 18.4. The van der Waals surface area contributed by atoms with Crippen molar-refractivity contribution < 1.29 is 9.59 Å². The summed E-state index contributed by atoms with van der Waals surface area (Å²) >= 11 is 5.29. The molecule has 1 saturated heterocycles. The smallest absolute Gasteiger partial charge is 0.344 e. The molecule has 2 fully saturated rings. The first-order valence-electron chi connectivity index (χ1n) is 9.63. The third-order valence-corrected chi connectivity index (χ3v) is 5.83. The van der Waals surface area contributed by atoms with E-state index in [0.29, 0.717) is 29.8 Å². The fourth-order valence-corrected chi connectivity index (χ4v) is 3.81. The van der Waals surface area contributed by atoms with Crippen LogP contribution in [-0.2, 0) is 4.79 Å². The van der Waals surface area contributed by atoms with Crippen molar-refractivity contribution in [1.82, 2.24) is 21.1 Å². The van der Waals surface area contributed by atoms with Crippen LogP contribution in [0.4, 0.5) is 4.79 Å². The van der Waals surface area contributed by atoms with Crippen molar-refractivity contribution >= 4 is 29.3 Å². The minimum Gasteiger partial charge on any atom is -0.361 e. The minimum atomic E-state index is -0.737. The van der Waals surface area contributed by atoms with Gasteiger partial charge in [-0.2, -0.15) is 5.01 Å². The average Bonchev–Trinajstić information content (AvgIpc) is 2.82. The summed E-state index contributed by atoms with van der Waals surface area (Å²) in [6.07, 6.45) is 7.94. The number of carbonyl (C=O) groups excluding carboxylic acids is 2. The van der Waals surface area contributed by atoms with E-state index < -0.39 is 11.6 Å². The van der Waals surface area contributed by atoms with Crippen LogP contribution < -0.4 is 16.1 Å². The second kappa shape index (κ2) is 8.83. The van der Waals surface area contributed by atoms with Gasteiger partial charge in [0.1, 0.15) is 5.54 Å². The van der Waals surface area contributed by atoms with Crippen LogP contribution in [0.15, 0.2) is 0 Å². The number of thiocarbonyl (C=S) groups is 1. The molecular formula is C18H32N4O2S. The molecule has 1 heterocycles. The molecule has 1 aliphatic heterocycles. The van der Waals surface area contributed by atoms with E-state index in [1.165, 1.54) is 12.8 Å². The molecule has 2 aliphatic rings. The van der Waals surface area contributed by atoms with Crippen LogP contribution in [0, 0.1) is 11.8 Å². The van der Waals surface area contributed by atoms with Gasteiger partial charge < -0.3 is 10.6 Å². The SMILES string of the molecule is CCCC[C@@H](CC)CNC(=S)NN1C(=O)NC2(CCC(C)CC2)C1=O. The average molecular weight is 369 g/mol. The quantitative estimate of drug-likeness (QED) is 0.476. The van der Waals surface area contributed by atoms with E-state index in [9.17, 15) is 9.59 Å². The van der Waals surface area contributed by atoms with E-state index in [0.717, 1.165) is 37.2 Å². The number of unbranched alkanes of at least 4 members (excludes halogenated alkanes) is 1. The van der Waals surface area contributed by atoms with Crippen LogP contribution in [0.5, 0.6) is 0 Å². The Morgan fingerprint density at radius 1 is 1.36 bits per heavy atom. The fraction of sp³-hybridized carbons (Fsp3) is 0.833. The molecule has 0 unspecified atom stereocenters. The van der Waals surface area contributed by atoms with Crippen molar-refractivity contribution in [3.05, 3.63) is 0 Å². The molecule has 25 heavy (non-hydrogen) atoms. The summed E-state index contributed by atoms with van der Waals surface area (Å²) < 4.78 is 0. The molecule has 2 rings (SSSR count). The van der Waals surface area contributed by atoms with E-state index in [1.54, 1.807) is 0 Å². The van der Waals surface area contributed by atoms with Crippen LogP contribution in [0.2, 0.25) is 0 Å². The highest BCUT2D eigenvalue weighted by Gasteiger charge is 2.52. The number of hydrazine groups is 1. The van der Waals surface area contributed by atoms with E-state index >= 15 is 0 Å². The first-order chi connectivity index (χ1) is 11.9. The lowest BCUT2D eigenvalue weighted by Crippen LogP contribution is -2.53. The van der Waals surface area contributed by atoms with Gasteiger partial charge in [0.05, 0.1) is 0 Å². The molecule has 1 aliphatic carbocycles. The molecule has 142 valence electrons. The molecule has 6 nitrogen and oxygen atoms in total. The molecule has 1 spiro atoms. The highest BCUT2D eigenvalue weighted by atomic mass is 32.1. The zero-order valence-corrected chi connectivity index (χ0v) is 16.5. The molecule has 0 aromatic heterocycles. The van der Waals surface area contributed by atoms with Crippen LogP contribution in [0.1, 0.15) is 72.1 Å². The van der Waals surface area contributed by atoms with Gasteiger partial charge in [-0.05, 0) is 56.2 Å². The van der Waals surface area contributed by atoms with Crippen molar-refractivity contribution in [3.63, 3.8) is 0 Å². The van der Waals surface area contributed by atoms with Crippen molar-refractivity contribution in [2.24, 2.45) is 11.8 Å². The normalized spacial score (nSPS) is 27.3. The number of amides is 3. The molecule has 1 atom stereocenters. The predicted octanol–water partition coefficient (Wildman–Crippen LogP) is 3.08. The van der Waals surface area contributed by atoms with Crippen molar-refractivity contribution in [1.29, 1.82) is 0 Å². The summed E-state index contributed by atoms with van der Waals surface area (Å²) in [6.45, 7) is 7.30. The van der Waals surface area contributed by atoms with Gasteiger partial charge in [0.2, 0.25) is 0 Å². The lowest BCUT2D eigenvalue weighted by atomic mass is 9.77. The van der Waals surface area contributed by atoms with Crippen LogP contribution in [-0.4, -0.2) is 34.1 Å². The van der Waals surface area contributed by atoms with Crippen molar-refractivity contribution in [3.8, 4) is 0 Å². The highest BCUT2D eigenvalue weighted by Crippen LogP contribution is 2.35. The summed E-state index contributed by atoms with van der Waals surface area (Å²) in [5.74, 6) is 0.953. The lowest BCUT2D eigenvalue weighted by molar-refractivity contribution is -0.133. The molecular weight excluding hydrogens is 336 g/mol. The summed E-state index contributed by atoms with van der Waals surface area (Å²) in [4.78, 5) is 25.0. The number of hydrogen-bond donors (Lipinski definition) is 3.